The zero-order valence-electron chi connectivity index (χ0n) is 7.28. The van der Waals surface area contributed by atoms with E-state index in [4.69, 9.17) is 0 Å². The molecule has 2 fully saturated rings. The van der Waals surface area contributed by atoms with Crippen LogP contribution >= 0.6 is 0 Å². The minimum Gasteiger partial charge on any atom is -0.289 e. The lowest BCUT2D eigenvalue weighted by atomic mass is 9.80. The lowest BCUT2D eigenvalue weighted by molar-refractivity contribution is 0.0953. The smallest absolute Gasteiger partial charge is 0.0598 e. The van der Waals surface area contributed by atoms with Gasteiger partial charge in [0.1, 0.15) is 0 Å². The summed E-state index contributed by atoms with van der Waals surface area (Å²) in [6.45, 7) is 5.63. The highest BCUT2D eigenvalue weighted by atomic mass is 15.3. The van der Waals surface area contributed by atoms with E-state index in [0.29, 0.717) is 17.7 Å². The fraction of sp³-hybridized carbons (Fsp3) is 1.00. The predicted octanol–water partition coefficient (Wildman–Crippen LogP) is 0.199. The van der Waals surface area contributed by atoms with E-state index in [9.17, 15) is 0 Å². The largest absolute Gasteiger partial charge is 0.289 e. The van der Waals surface area contributed by atoms with Crippen molar-refractivity contribution in [3.8, 4) is 0 Å². The zero-order chi connectivity index (χ0) is 7.90. The summed E-state index contributed by atoms with van der Waals surface area (Å²) >= 11 is 0. The van der Waals surface area contributed by atoms with Crippen molar-refractivity contribution in [2.24, 2.45) is 5.41 Å². The van der Waals surface area contributed by atoms with Crippen molar-refractivity contribution in [2.45, 2.75) is 39.0 Å². The lowest BCUT2D eigenvalue weighted by Gasteiger charge is -2.45. The third kappa shape index (κ3) is 1.55. The quantitative estimate of drug-likeness (QED) is 0.467. The monoisotopic (exact) mass is 155 g/mol. The van der Waals surface area contributed by atoms with Crippen molar-refractivity contribution < 1.29 is 0 Å². The number of rotatable bonds is 0. The van der Waals surface area contributed by atoms with Gasteiger partial charge in [0.2, 0.25) is 0 Å². The molecule has 0 amide bonds. The molecule has 0 aliphatic carbocycles. The summed E-state index contributed by atoms with van der Waals surface area (Å²) in [7, 11) is 0. The Morgan fingerprint density at radius 2 is 1.64 bits per heavy atom. The number of hydrogen-bond acceptors (Lipinski definition) is 3. The molecule has 2 bridgehead atoms. The molecule has 2 saturated heterocycles. The third-order valence-corrected chi connectivity index (χ3v) is 2.61. The summed E-state index contributed by atoms with van der Waals surface area (Å²) in [5, 5.41) is 10.3. The average molecular weight is 155 g/mol. The summed E-state index contributed by atoms with van der Waals surface area (Å²) in [4.78, 5) is 0. The van der Waals surface area contributed by atoms with Gasteiger partial charge in [-0.25, -0.2) is 0 Å². The van der Waals surface area contributed by atoms with Gasteiger partial charge in [0.15, 0.2) is 0 Å². The molecule has 2 rings (SSSR count). The van der Waals surface area contributed by atoms with Crippen molar-refractivity contribution in [3.05, 3.63) is 0 Å². The predicted molar refractivity (Wildman–Crippen MR) is 44.9 cm³/mol. The van der Waals surface area contributed by atoms with E-state index >= 15 is 0 Å². The van der Waals surface area contributed by atoms with Crippen LogP contribution in [-0.4, -0.2) is 19.0 Å². The maximum absolute atomic E-state index is 3.49. The molecule has 64 valence electrons. The fourth-order valence-electron chi connectivity index (χ4n) is 2.12. The van der Waals surface area contributed by atoms with Gasteiger partial charge in [-0.15, -0.1) is 0 Å². The van der Waals surface area contributed by atoms with Gasteiger partial charge in [-0.05, 0) is 18.3 Å². The van der Waals surface area contributed by atoms with Gasteiger partial charge in [-0.3, -0.25) is 16.0 Å². The average Bonchev–Trinajstić information content (AvgIpc) is 1.82. The van der Waals surface area contributed by atoms with Gasteiger partial charge < -0.3 is 0 Å². The maximum atomic E-state index is 3.49. The molecule has 2 unspecified atom stereocenters. The Morgan fingerprint density at radius 3 is 2.18 bits per heavy atom. The third-order valence-electron chi connectivity index (χ3n) is 2.61. The van der Waals surface area contributed by atoms with Crippen LogP contribution in [0, 0.1) is 5.41 Å². The minimum absolute atomic E-state index is 0.487. The van der Waals surface area contributed by atoms with Gasteiger partial charge in [0.05, 0.1) is 12.3 Å². The van der Waals surface area contributed by atoms with Crippen LogP contribution in [0.5, 0.6) is 0 Å². The van der Waals surface area contributed by atoms with Crippen LogP contribution in [0.1, 0.15) is 26.7 Å². The SMILES string of the molecule is CC1(C)CC2NCNC(C1)N2. The van der Waals surface area contributed by atoms with Crippen molar-refractivity contribution >= 4 is 0 Å². The molecule has 3 nitrogen and oxygen atoms in total. The molecule has 0 aromatic rings. The lowest BCUT2D eigenvalue weighted by Crippen LogP contribution is -2.66. The summed E-state index contributed by atoms with van der Waals surface area (Å²) in [5.41, 5.74) is 0.487. The van der Waals surface area contributed by atoms with Gasteiger partial charge in [-0.1, -0.05) is 13.8 Å². The zero-order valence-corrected chi connectivity index (χ0v) is 7.28. The molecular weight excluding hydrogens is 138 g/mol. The van der Waals surface area contributed by atoms with Crippen LogP contribution in [0.3, 0.4) is 0 Å². The van der Waals surface area contributed by atoms with Crippen molar-refractivity contribution in [1.29, 1.82) is 0 Å². The van der Waals surface area contributed by atoms with Gasteiger partial charge in [0.25, 0.3) is 0 Å². The number of nitrogens with one attached hydrogen (secondary N) is 3. The number of hydrogen-bond donors (Lipinski definition) is 3. The Morgan fingerprint density at radius 1 is 1.09 bits per heavy atom. The normalized spacial score (nSPS) is 42.0. The Balaban J connectivity index is 2.05. The highest BCUT2D eigenvalue weighted by molar-refractivity contribution is 4.90. The first kappa shape index (κ1) is 7.53. The second kappa shape index (κ2) is 2.44. The van der Waals surface area contributed by atoms with Crippen molar-refractivity contribution in [1.82, 2.24) is 16.0 Å². The number of piperidine rings is 1. The summed E-state index contributed by atoms with van der Waals surface area (Å²) in [6.07, 6.45) is 3.55. The van der Waals surface area contributed by atoms with Crippen LogP contribution in [-0.2, 0) is 0 Å². The second-order valence-corrected chi connectivity index (χ2v) is 4.43. The molecule has 0 aromatic carbocycles. The molecule has 11 heavy (non-hydrogen) atoms. The van der Waals surface area contributed by atoms with Crippen LogP contribution in [0.4, 0.5) is 0 Å². The Hall–Kier alpha value is -0.120. The standard InChI is InChI=1S/C8H17N3/c1-8(2)3-6-9-5-10-7(4-8)11-6/h6-7,9-11H,3-5H2,1-2H3. The van der Waals surface area contributed by atoms with E-state index in [1.807, 2.05) is 0 Å². The van der Waals surface area contributed by atoms with Gasteiger partial charge >= 0.3 is 0 Å². The van der Waals surface area contributed by atoms with Crippen LogP contribution in [0.2, 0.25) is 0 Å². The van der Waals surface area contributed by atoms with Crippen molar-refractivity contribution in [3.63, 3.8) is 0 Å². The molecule has 0 saturated carbocycles. The molecule has 3 N–H and O–H groups in total. The Labute approximate surface area is 67.9 Å². The minimum atomic E-state index is 0.487. The van der Waals surface area contributed by atoms with Crippen LogP contribution in [0.15, 0.2) is 0 Å². The van der Waals surface area contributed by atoms with E-state index in [1.54, 1.807) is 0 Å². The molecule has 2 aliphatic rings. The topological polar surface area (TPSA) is 36.1 Å². The molecule has 0 aromatic heterocycles. The van der Waals surface area contributed by atoms with E-state index in [0.717, 1.165) is 6.67 Å². The first-order chi connectivity index (χ1) is 5.16. The van der Waals surface area contributed by atoms with Crippen LogP contribution < -0.4 is 16.0 Å². The second-order valence-electron chi connectivity index (χ2n) is 4.43. The van der Waals surface area contributed by atoms with Gasteiger partial charge in [0, 0.05) is 6.67 Å². The fourth-order valence-corrected chi connectivity index (χ4v) is 2.12. The molecular formula is C8H17N3. The number of fused-ring (bicyclic) bond motifs is 2. The van der Waals surface area contributed by atoms with E-state index < -0.39 is 0 Å². The summed E-state index contributed by atoms with van der Waals surface area (Å²) in [5.74, 6) is 0. The Bertz CT molecular complexity index is 141. The molecule has 2 atom stereocenters. The molecule has 0 radical (unpaired) electrons. The van der Waals surface area contributed by atoms with E-state index in [-0.39, 0.29) is 0 Å². The first-order valence-electron chi connectivity index (χ1n) is 4.39. The molecule has 2 heterocycles. The highest BCUT2D eigenvalue weighted by Crippen LogP contribution is 2.31. The molecule has 0 spiro atoms. The maximum Gasteiger partial charge on any atom is 0.0598 e. The first-order valence-corrected chi connectivity index (χ1v) is 4.39. The van der Waals surface area contributed by atoms with Gasteiger partial charge in [-0.2, -0.15) is 0 Å². The Kier molecular flexibility index (Phi) is 1.67. The van der Waals surface area contributed by atoms with Crippen molar-refractivity contribution in [2.75, 3.05) is 6.67 Å². The molecule has 2 aliphatic heterocycles. The highest BCUT2D eigenvalue weighted by Gasteiger charge is 2.35. The summed E-state index contributed by atoms with van der Waals surface area (Å²) in [6, 6.07) is 0. The molecule has 3 heteroatoms. The van der Waals surface area contributed by atoms with E-state index in [2.05, 4.69) is 29.8 Å². The summed E-state index contributed by atoms with van der Waals surface area (Å²) < 4.78 is 0. The van der Waals surface area contributed by atoms with Crippen LogP contribution in [0.25, 0.3) is 0 Å². The van der Waals surface area contributed by atoms with E-state index in [1.165, 1.54) is 12.8 Å².